The lowest BCUT2D eigenvalue weighted by molar-refractivity contribution is -0.153. The van der Waals surface area contributed by atoms with E-state index in [1.165, 1.54) is 6.07 Å². The number of alkyl halides is 3. The van der Waals surface area contributed by atoms with Crippen LogP contribution in [-0.4, -0.2) is 47.5 Å². The normalized spacial score (nSPS) is 27.1. The summed E-state index contributed by atoms with van der Waals surface area (Å²) in [7, 11) is 0. The van der Waals surface area contributed by atoms with Crippen LogP contribution in [0.2, 0.25) is 5.02 Å². The molecule has 0 unspecified atom stereocenters. The molecule has 2 bridgehead atoms. The summed E-state index contributed by atoms with van der Waals surface area (Å²) in [4.78, 5) is 2.46. The van der Waals surface area contributed by atoms with Crippen molar-refractivity contribution in [1.29, 1.82) is 0 Å². The number of hydrogen-bond acceptors (Lipinski definition) is 5. The second kappa shape index (κ2) is 6.44. The predicted octanol–water partition coefficient (Wildman–Crippen LogP) is 4.71. The molecule has 27 heavy (non-hydrogen) atoms. The number of ether oxygens (including phenoxy) is 1. The molecule has 0 amide bonds. The molecule has 0 radical (unpaired) electrons. The van der Waals surface area contributed by atoms with Gasteiger partial charge in [-0.05, 0) is 57.8 Å². The summed E-state index contributed by atoms with van der Waals surface area (Å²) in [5, 5.41) is 8.15. The van der Waals surface area contributed by atoms with Crippen molar-refractivity contribution in [3.63, 3.8) is 0 Å². The van der Waals surface area contributed by atoms with Crippen molar-refractivity contribution >= 4 is 28.4 Å². The van der Waals surface area contributed by atoms with Crippen molar-refractivity contribution in [3.05, 3.63) is 17.2 Å². The summed E-state index contributed by atoms with van der Waals surface area (Å²) in [5.74, 6) is 0.885. The molecule has 1 aromatic heterocycles. The van der Waals surface area contributed by atoms with Gasteiger partial charge < -0.3 is 14.6 Å². The Morgan fingerprint density at radius 2 is 2.04 bits per heavy atom. The molecule has 1 aromatic carbocycles. The third kappa shape index (κ3) is 3.33. The minimum Gasteiger partial charge on any atom is -0.478 e. The lowest BCUT2D eigenvalue weighted by Gasteiger charge is -2.56. The molecule has 5 rings (SSSR count). The largest absolute Gasteiger partial charge is 0.478 e. The molecular formula is C18H21ClF3N3O2. The molecule has 1 N–H and O–H groups in total. The molecule has 0 aliphatic carbocycles. The van der Waals surface area contributed by atoms with E-state index >= 15 is 0 Å². The average Bonchev–Trinajstić information content (AvgIpc) is 2.99. The molecule has 0 spiro atoms. The van der Waals surface area contributed by atoms with Crippen molar-refractivity contribution < 1.29 is 22.4 Å². The first-order valence-corrected chi connectivity index (χ1v) is 9.33. The molecule has 1 atom stereocenters. The Labute approximate surface area is 159 Å². The minimum absolute atomic E-state index is 0.0471. The number of hydrogen-bond donors (Lipinski definition) is 1. The molecule has 3 fully saturated rings. The molecule has 3 saturated heterocycles. The zero-order valence-corrected chi connectivity index (χ0v) is 15.8. The van der Waals surface area contributed by atoms with Crippen molar-refractivity contribution in [2.24, 2.45) is 5.92 Å². The zero-order chi connectivity index (χ0) is 19.4. The third-order valence-electron chi connectivity index (χ3n) is 5.81. The smallest absolute Gasteiger partial charge is 0.422 e. The highest BCUT2D eigenvalue weighted by Gasteiger charge is 2.48. The number of nitrogens with zero attached hydrogens (tertiary/aromatic N) is 2. The Bertz CT molecular complexity index is 844. The van der Waals surface area contributed by atoms with Crippen LogP contribution in [0, 0.1) is 5.92 Å². The highest BCUT2D eigenvalue weighted by molar-refractivity contribution is 6.33. The van der Waals surface area contributed by atoms with Gasteiger partial charge in [-0.25, -0.2) is 0 Å². The first kappa shape index (κ1) is 18.7. The highest BCUT2D eigenvalue weighted by Crippen LogP contribution is 2.43. The van der Waals surface area contributed by atoms with E-state index in [1.54, 1.807) is 6.07 Å². The van der Waals surface area contributed by atoms with Crippen LogP contribution in [-0.2, 0) is 0 Å². The van der Waals surface area contributed by atoms with E-state index in [9.17, 15) is 13.2 Å². The van der Waals surface area contributed by atoms with E-state index in [0.29, 0.717) is 17.1 Å². The molecule has 4 heterocycles. The first-order valence-electron chi connectivity index (χ1n) is 8.96. The number of nitrogens with one attached hydrogen (secondary N) is 1. The number of rotatable bonds is 4. The van der Waals surface area contributed by atoms with E-state index in [4.69, 9.17) is 20.9 Å². The van der Waals surface area contributed by atoms with Gasteiger partial charge in [0.1, 0.15) is 0 Å². The van der Waals surface area contributed by atoms with Crippen LogP contribution in [0.25, 0.3) is 11.0 Å². The van der Waals surface area contributed by atoms with Gasteiger partial charge in [0.05, 0.1) is 10.4 Å². The first-order chi connectivity index (χ1) is 12.7. The van der Waals surface area contributed by atoms with E-state index in [1.807, 2.05) is 0 Å². The summed E-state index contributed by atoms with van der Waals surface area (Å²) in [6.07, 6.45) is -2.24. The van der Waals surface area contributed by atoms with Gasteiger partial charge >= 0.3 is 6.18 Å². The van der Waals surface area contributed by atoms with E-state index in [-0.39, 0.29) is 27.9 Å². The summed E-state index contributed by atoms with van der Waals surface area (Å²) < 4.78 is 47.8. The van der Waals surface area contributed by atoms with Gasteiger partial charge in [0.25, 0.3) is 0 Å². The Balaban J connectivity index is 1.64. The number of piperidine rings is 3. The molecule has 9 heteroatoms. The lowest BCUT2D eigenvalue weighted by Crippen LogP contribution is -2.66. The number of aromatic nitrogens is 1. The fourth-order valence-electron chi connectivity index (χ4n) is 4.37. The fraction of sp³-hybridized carbons (Fsp3) is 0.611. The second-order valence-corrected chi connectivity index (χ2v) is 8.20. The summed E-state index contributed by atoms with van der Waals surface area (Å²) >= 11 is 6.02. The maximum atomic E-state index is 12.5. The summed E-state index contributed by atoms with van der Waals surface area (Å²) in [6.45, 7) is 5.13. The number of anilines is 1. The Morgan fingerprint density at radius 1 is 1.33 bits per heavy atom. The number of fused-ring (bicyclic) bond motifs is 4. The van der Waals surface area contributed by atoms with Gasteiger partial charge in [-0.3, -0.25) is 4.90 Å². The van der Waals surface area contributed by atoms with Gasteiger partial charge in [0, 0.05) is 11.6 Å². The lowest BCUT2D eigenvalue weighted by atomic mass is 9.72. The van der Waals surface area contributed by atoms with Crippen molar-refractivity contribution in [1.82, 2.24) is 10.1 Å². The van der Waals surface area contributed by atoms with Crippen LogP contribution >= 0.6 is 11.6 Å². The molecule has 3 aliphatic heterocycles. The quantitative estimate of drug-likeness (QED) is 0.801. The Hall–Kier alpha value is -1.67. The van der Waals surface area contributed by atoms with Crippen molar-refractivity contribution in [2.45, 2.75) is 44.4 Å². The van der Waals surface area contributed by atoms with Crippen LogP contribution < -0.4 is 10.1 Å². The molecule has 2 aromatic rings. The maximum Gasteiger partial charge on any atom is 0.422 e. The van der Waals surface area contributed by atoms with E-state index < -0.39 is 12.8 Å². The zero-order valence-electron chi connectivity index (χ0n) is 15.1. The average molecular weight is 404 g/mol. The third-order valence-corrected chi connectivity index (χ3v) is 6.10. The van der Waals surface area contributed by atoms with Crippen molar-refractivity contribution in [3.8, 4) is 5.75 Å². The van der Waals surface area contributed by atoms with E-state index in [2.05, 4.69) is 29.2 Å². The predicted molar refractivity (Wildman–Crippen MR) is 96.4 cm³/mol. The maximum absolute atomic E-state index is 12.5. The van der Waals surface area contributed by atoms with Gasteiger partial charge in [-0.1, -0.05) is 16.8 Å². The second-order valence-electron chi connectivity index (χ2n) is 7.79. The van der Waals surface area contributed by atoms with Crippen LogP contribution in [0.5, 0.6) is 5.75 Å². The Kier molecular flexibility index (Phi) is 4.46. The molecular weight excluding hydrogens is 383 g/mol. The van der Waals surface area contributed by atoms with Crippen LogP contribution in [0.1, 0.15) is 26.7 Å². The molecule has 0 saturated carbocycles. The Morgan fingerprint density at radius 3 is 2.67 bits per heavy atom. The van der Waals surface area contributed by atoms with Crippen LogP contribution in [0.15, 0.2) is 16.7 Å². The number of benzene rings is 1. The SMILES string of the molecule is CC1(C)[C@@H](Nc2noc3c(OCC(F)(F)F)c(Cl)ccc23)C2CCN1CC2. The summed E-state index contributed by atoms with van der Waals surface area (Å²) in [6, 6.07) is 3.36. The summed E-state index contributed by atoms with van der Waals surface area (Å²) in [5.41, 5.74) is 0.0717. The fourth-order valence-corrected chi connectivity index (χ4v) is 4.58. The monoisotopic (exact) mass is 403 g/mol. The van der Waals surface area contributed by atoms with Gasteiger partial charge in [-0.15, -0.1) is 0 Å². The van der Waals surface area contributed by atoms with Gasteiger partial charge in [-0.2, -0.15) is 13.2 Å². The topological polar surface area (TPSA) is 50.5 Å². The molecule has 3 aliphatic rings. The number of halogens is 4. The van der Waals surface area contributed by atoms with Gasteiger partial charge in [0.15, 0.2) is 18.2 Å². The van der Waals surface area contributed by atoms with Crippen LogP contribution in [0.4, 0.5) is 19.0 Å². The van der Waals surface area contributed by atoms with E-state index in [0.717, 1.165) is 25.9 Å². The van der Waals surface area contributed by atoms with Gasteiger partial charge in [0.2, 0.25) is 5.58 Å². The van der Waals surface area contributed by atoms with Crippen molar-refractivity contribution in [2.75, 3.05) is 25.0 Å². The molecule has 5 nitrogen and oxygen atoms in total. The van der Waals surface area contributed by atoms with Crippen LogP contribution in [0.3, 0.4) is 0 Å². The molecule has 148 valence electrons. The standard InChI is InChI=1S/C18H21ClF3N3O2/c1-17(2)15(10-5-7-25(17)8-6-10)23-16-11-3-4-12(19)14(13(11)27-24-16)26-9-18(20,21)22/h3-4,10,15H,5-9H2,1-2H3,(H,23,24)/t15-/m0/s1. The highest BCUT2D eigenvalue weighted by atomic mass is 35.5. The minimum atomic E-state index is -4.47.